The Hall–Kier alpha value is -0.800. The largest absolute Gasteiger partial charge is 0.245 e. The first-order valence-corrected chi connectivity index (χ1v) is 7.30. The molecule has 1 aromatic heterocycles. The Kier molecular flexibility index (Phi) is 3.36. The molecule has 0 aliphatic heterocycles. The van der Waals surface area contributed by atoms with Crippen LogP contribution in [0.4, 0.5) is 0 Å². The molecule has 0 fully saturated rings. The maximum absolute atomic E-state index is 4.40. The second kappa shape index (κ2) is 4.60. The fraction of sp³-hybridized carbons (Fsp3) is 0.308. The molecule has 0 bridgehead atoms. The highest BCUT2D eigenvalue weighted by atomic mass is 32.2. The van der Waals surface area contributed by atoms with Gasteiger partial charge in [-0.05, 0) is 25.7 Å². The Morgan fingerprint density at radius 2 is 2.00 bits per heavy atom. The number of rotatable bonds is 3. The molecule has 0 atom stereocenters. The van der Waals surface area contributed by atoms with E-state index in [9.17, 15) is 0 Å². The molecule has 2 rings (SSSR count). The Morgan fingerprint density at radius 1 is 1.25 bits per heavy atom. The number of nitrogens with zero attached hydrogens (tertiary/aromatic N) is 1. The van der Waals surface area contributed by atoms with Crippen molar-refractivity contribution in [2.75, 3.05) is 6.26 Å². The van der Waals surface area contributed by atoms with E-state index in [-0.39, 0.29) is 4.75 Å². The van der Waals surface area contributed by atoms with E-state index >= 15 is 0 Å². The molecular formula is C13H15NS2. The van der Waals surface area contributed by atoms with Crippen molar-refractivity contribution in [1.82, 2.24) is 4.98 Å². The second-order valence-electron chi connectivity index (χ2n) is 4.10. The fourth-order valence-electron chi connectivity index (χ4n) is 1.66. The molecule has 0 saturated heterocycles. The summed E-state index contributed by atoms with van der Waals surface area (Å²) >= 11 is 3.56. The number of aromatic nitrogens is 1. The zero-order valence-electron chi connectivity index (χ0n) is 9.73. The number of hydrogen-bond acceptors (Lipinski definition) is 3. The van der Waals surface area contributed by atoms with Gasteiger partial charge in [0.05, 0.1) is 0 Å². The minimum Gasteiger partial charge on any atom is -0.245 e. The lowest BCUT2D eigenvalue weighted by Crippen LogP contribution is -2.12. The average molecular weight is 249 g/mol. The lowest BCUT2D eigenvalue weighted by Gasteiger charge is -2.24. The van der Waals surface area contributed by atoms with Crippen LogP contribution in [0.1, 0.15) is 19.4 Å². The van der Waals surface area contributed by atoms with Gasteiger partial charge in [-0.25, -0.2) is 4.98 Å². The summed E-state index contributed by atoms with van der Waals surface area (Å²) in [5.41, 5.74) is 2.62. The highest BCUT2D eigenvalue weighted by molar-refractivity contribution is 7.99. The highest BCUT2D eigenvalue weighted by Crippen LogP contribution is 2.39. The molecule has 0 radical (unpaired) electrons. The van der Waals surface area contributed by atoms with Gasteiger partial charge in [0.1, 0.15) is 5.01 Å². The van der Waals surface area contributed by atoms with Gasteiger partial charge in [-0.1, -0.05) is 24.3 Å². The van der Waals surface area contributed by atoms with Crippen LogP contribution in [-0.2, 0) is 4.75 Å². The van der Waals surface area contributed by atoms with Gasteiger partial charge in [0.25, 0.3) is 0 Å². The minimum atomic E-state index is 0.127. The predicted molar refractivity (Wildman–Crippen MR) is 74.1 cm³/mol. The van der Waals surface area contributed by atoms with Crippen molar-refractivity contribution >= 4 is 23.1 Å². The van der Waals surface area contributed by atoms with Crippen molar-refractivity contribution in [2.45, 2.75) is 18.6 Å². The third-order valence-corrected chi connectivity index (χ3v) is 4.80. The molecule has 2 aromatic rings. The molecule has 0 aliphatic carbocycles. The molecule has 0 saturated carbocycles. The van der Waals surface area contributed by atoms with Gasteiger partial charge in [0.2, 0.25) is 0 Å². The predicted octanol–water partition coefficient (Wildman–Crippen LogP) is 4.41. The van der Waals surface area contributed by atoms with Crippen LogP contribution in [-0.4, -0.2) is 11.2 Å². The Bertz CT molecular complexity index is 461. The lowest BCUT2D eigenvalue weighted by atomic mass is 9.97. The van der Waals surface area contributed by atoms with Crippen molar-refractivity contribution in [3.05, 3.63) is 41.4 Å². The maximum atomic E-state index is 4.40. The van der Waals surface area contributed by atoms with Crippen LogP contribution in [0.25, 0.3) is 10.6 Å². The third-order valence-electron chi connectivity index (χ3n) is 2.75. The van der Waals surface area contributed by atoms with Crippen LogP contribution in [0.15, 0.2) is 35.8 Å². The molecule has 0 aliphatic rings. The quantitative estimate of drug-likeness (QED) is 0.799. The van der Waals surface area contributed by atoms with E-state index in [4.69, 9.17) is 0 Å². The fourth-order valence-corrected chi connectivity index (χ4v) is 2.74. The number of benzene rings is 1. The van der Waals surface area contributed by atoms with Crippen molar-refractivity contribution in [3.63, 3.8) is 0 Å². The van der Waals surface area contributed by atoms with Gasteiger partial charge in [-0.15, -0.1) is 11.3 Å². The standard InChI is InChI=1S/C13H15NS2/c1-13(2,15-3)11-7-5-4-6-10(11)12-14-8-9-16-12/h4-9H,1-3H3. The molecule has 1 heterocycles. The van der Waals surface area contributed by atoms with Crippen LogP contribution in [0.5, 0.6) is 0 Å². The Balaban J connectivity index is 2.55. The van der Waals surface area contributed by atoms with Gasteiger partial charge >= 0.3 is 0 Å². The highest BCUT2D eigenvalue weighted by Gasteiger charge is 2.23. The van der Waals surface area contributed by atoms with Crippen molar-refractivity contribution in [2.24, 2.45) is 0 Å². The topological polar surface area (TPSA) is 12.9 Å². The zero-order valence-corrected chi connectivity index (χ0v) is 11.4. The molecule has 1 nitrogen and oxygen atoms in total. The molecule has 84 valence electrons. The van der Waals surface area contributed by atoms with E-state index in [2.05, 4.69) is 49.4 Å². The second-order valence-corrected chi connectivity index (χ2v) is 6.42. The van der Waals surface area contributed by atoms with E-state index in [0.717, 1.165) is 5.01 Å². The van der Waals surface area contributed by atoms with E-state index in [1.807, 2.05) is 23.3 Å². The smallest absolute Gasteiger partial charge is 0.123 e. The summed E-state index contributed by atoms with van der Waals surface area (Å²) in [5.74, 6) is 0. The van der Waals surface area contributed by atoms with Gasteiger partial charge < -0.3 is 0 Å². The average Bonchev–Trinajstić information content (AvgIpc) is 2.82. The zero-order chi connectivity index (χ0) is 11.6. The first kappa shape index (κ1) is 11.7. The van der Waals surface area contributed by atoms with Gasteiger partial charge in [-0.3, -0.25) is 0 Å². The summed E-state index contributed by atoms with van der Waals surface area (Å²) in [7, 11) is 0. The molecule has 0 unspecified atom stereocenters. The molecule has 0 amide bonds. The summed E-state index contributed by atoms with van der Waals surface area (Å²) in [6.45, 7) is 4.51. The van der Waals surface area contributed by atoms with Gasteiger partial charge in [0, 0.05) is 21.9 Å². The Labute approximate surface area is 105 Å². The molecule has 0 N–H and O–H groups in total. The first-order valence-electron chi connectivity index (χ1n) is 5.19. The van der Waals surface area contributed by atoms with Crippen LogP contribution in [0, 0.1) is 0 Å². The number of hydrogen-bond donors (Lipinski definition) is 0. The maximum Gasteiger partial charge on any atom is 0.123 e. The number of thioether (sulfide) groups is 1. The van der Waals surface area contributed by atoms with Gasteiger partial charge in [0.15, 0.2) is 0 Å². The van der Waals surface area contributed by atoms with E-state index in [1.165, 1.54) is 11.1 Å². The molecule has 3 heteroatoms. The SMILES string of the molecule is CSC(C)(C)c1ccccc1-c1nccs1. The van der Waals surface area contributed by atoms with E-state index in [1.54, 1.807) is 11.3 Å². The summed E-state index contributed by atoms with van der Waals surface area (Å²) in [6, 6.07) is 8.54. The summed E-state index contributed by atoms with van der Waals surface area (Å²) in [4.78, 5) is 4.40. The van der Waals surface area contributed by atoms with Crippen LogP contribution >= 0.6 is 23.1 Å². The van der Waals surface area contributed by atoms with E-state index < -0.39 is 0 Å². The van der Waals surface area contributed by atoms with Crippen molar-refractivity contribution in [1.29, 1.82) is 0 Å². The third kappa shape index (κ3) is 2.15. The molecule has 16 heavy (non-hydrogen) atoms. The normalized spacial score (nSPS) is 11.7. The van der Waals surface area contributed by atoms with Gasteiger partial charge in [-0.2, -0.15) is 11.8 Å². The Morgan fingerprint density at radius 3 is 2.62 bits per heavy atom. The summed E-state index contributed by atoms with van der Waals surface area (Å²) in [6.07, 6.45) is 4.02. The molecule has 0 spiro atoms. The summed E-state index contributed by atoms with van der Waals surface area (Å²) in [5, 5.41) is 3.13. The minimum absolute atomic E-state index is 0.127. The van der Waals surface area contributed by atoms with Crippen molar-refractivity contribution in [3.8, 4) is 10.6 Å². The monoisotopic (exact) mass is 249 g/mol. The van der Waals surface area contributed by atoms with Crippen LogP contribution in [0.3, 0.4) is 0 Å². The van der Waals surface area contributed by atoms with E-state index in [0.29, 0.717) is 0 Å². The molecule has 1 aromatic carbocycles. The van der Waals surface area contributed by atoms with Crippen LogP contribution < -0.4 is 0 Å². The summed E-state index contributed by atoms with van der Waals surface area (Å²) < 4.78 is 0.127. The molecular weight excluding hydrogens is 234 g/mol. The van der Waals surface area contributed by atoms with Crippen LogP contribution in [0.2, 0.25) is 0 Å². The lowest BCUT2D eigenvalue weighted by molar-refractivity contribution is 0.787. The first-order chi connectivity index (χ1) is 7.65. The van der Waals surface area contributed by atoms with Crippen molar-refractivity contribution < 1.29 is 0 Å². The number of thiazole rings is 1.